The minimum absolute atomic E-state index is 0.0493. The second kappa shape index (κ2) is 4.40. The third-order valence-electron chi connectivity index (χ3n) is 2.38. The van der Waals surface area contributed by atoms with E-state index in [1.165, 1.54) is 12.1 Å². The normalized spacial score (nSPS) is 19.9. The predicted octanol–water partition coefficient (Wildman–Crippen LogP) is 1.67. The number of nitrogens with two attached hydrogens (primary N) is 1. The number of rotatable bonds is 3. The molecule has 1 unspecified atom stereocenters. The summed E-state index contributed by atoms with van der Waals surface area (Å²) in [4.78, 5) is 5.19. The first kappa shape index (κ1) is 10.1. The molecule has 0 bridgehead atoms. The Morgan fingerprint density at radius 2 is 2.40 bits per heavy atom. The van der Waals surface area contributed by atoms with Crippen molar-refractivity contribution in [2.75, 3.05) is 6.54 Å². The van der Waals surface area contributed by atoms with E-state index in [-0.39, 0.29) is 11.9 Å². The summed E-state index contributed by atoms with van der Waals surface area (Å²) >= 11 is 0. The molecule has 0 aliphatic carbocycles. The van der Waals surface area contributed by atoms with Crippen molar-refractivity contribution in [3.63, 3.8) is 0 Å². The molecule has 1 atom stereocenters. The Bertz CT molecular complexity index is 379. The SMILES string of the molecule is NCCC1CC(c2cccc(F)c2)=NO1. The zero-order chi connectivity index (χ0) is 10.7. The van der Waals surface area contributed by atoms with Crippen molar-refractivity contribution in [2.45, 2.75) is 18.9 Å². The Morgan fingerprint density at radius 1 is 1.53 bits per heavy atom. The van der Waals surface area contributed by atoms with Crippen molar-refractivity contribution in [3.8, 4) is 0 Å². The Kier molecular flexibility index (Phi) is 2.97. The Hall–Kier alpha value is -1.42. The van der Waals surface area contributed by atoms with Crippen molar-refractivity contribution in [1.82, 2.24) is 0 Å². The third-order valence-corrected chi connectivity index (χ3v) is 2.38. The molecular formula is C11H13FN2O. The molecule has 1 aliphatic heterocycles. The second-order valence-corrected chi connectivity index (χ2v) is 3.56. The van der Waals surface area contributed by atoms with E-state index >= 15 is 0 Å². The fourth-order valence-corrected chi connectivity index (χ4v) is 1.61. The number of hydrogen-bond donors (Lipinski definition) is 1. The molecule has 1 aromatic rings. The fourth-order valence-electron chi connectivity index (χ4n) is 1.61. The van der Waals surface area contributed by atoms with E-state index in [9.17, 15) is 4.39 Å². The molecule has 0 fully saturated rings. The van der Waals surface area contributed by atoms with Gasteiger partial charge in [-0.15, -0.1) is 0 Å². The molecule has 2 N–H and O–H groups in total. The number of hydrogen-bond acceptors (Lipinski definition) is 3. The molecule has 0 aromatic heterocycles. The van der Waals surface area contributed by atoms with E-state index < -0.39 is 0 Å². The molecule has 1 heterocycles. The number of nitrogens with zero attached hydrogens (tertiary/aromatic N) is 1. The Labute approximate surface area is 87.7 Å². The van der Waals surface area contributed by atoms with Gasteiger partial charge in [0.2, 0.25) is 0 Å². The minimum atomic E-state index is -0.252. The third kappa shape index (κ3) is 2.33. The molecule has 80 valence electrons. The standard InChI is InChI=1S/C11H13FN2O/c12-9-3-1-2-8(6-9)11-7-10(4-5-13)15-14-11/h1-3,6,10H,4-5,7,13H2. The average Bonchev–Trinajstić information content (AvgIpc) is 2.67. The second-order valence-electron chi connectivity index (χ2n) is 3.56. The summed E-state index contributed by atoms with van der Waals surface area (Å²) in [5, 5.41) is 3.94. The van der Waals surface area contributed by atoms with Gasteiger partial charge in [0.1, 0.15) is 11.9 Å². The summed E-state index contributed by atoms with van der Waals surface area (Å²) in [5.41, 5.74) is 7.01. The van der Waals surface area contributed by atoms with Gasteiger partial charge in [-0.05, 0) is 25.1 Å². The molecule has 4 heteroatoms. The van der Waals surface area contributed by atoms with Gasteiger partial charge in [-0.2, -0.15) is 0 Å². The van der Waals surface area contributed by atoms with Crippen LogP contribution in [0.2, 0.25) is 0 Å². The minimum Gasteiger partial charge on any atom is -0.392 e. The van der Waals surface area contributed by atoms with Crippen LogP contribution < -0.4 is 5.73 Å². The van der Waals surface area contributed by atoms with Gasteiger partial charge in [0.25, 0.3) is 0 Å². The first-order valence-electron chi connectivity index (χ1n) is 4.98. The lowest BCUT2D eigenvalue weighted by Crippen LogP contribution is -2.14. The van der Waals surface area contributed by atoms with E-state index in [0.717, 1.165) is 17.7 Å². The van der Waals surface area contributed by atoms with Gasteiger partial charge in [0, 0.05) is 12.0 Å². The lowest BCUT2D eigenvalue weighted by atomic mass is 10.0. The van der Waals surface area contributed by atoms with Crippen molar-refractivity contribution < 1.29 is 9.23 Å². The van der Waals surface area contributed by atoms with Gasteiger partial charge < -0.3 is 10.6 Å². The highest BCUT2D eigenvalue weighted by atomic mass is 19.1. The quantitative estimate of drug-likeness (QED) is 0.821. The fraction of sp³-hybridized carbons (Fsp3) is 0.364. The topological polar surface area (TPSA) is 47.6 Å². The highest BCUT2D eigenvalue weighted by Crippen LogP contribution is 2.18. The molecule has 2 rings (SSSR count). The van der Waals surface area contributed by atoms with Crippen LogP contribution in [0.1, 0.15) is 18.4 Å². The average molecular weight is 208 g/mol. The smallest absolute Gasteiger partial charge is 0.134 e. The molecule has 0 spiro atoms. The predicted molar refractivity (Wildman–Crippen MR) is 56.1 cm³/mol. The van der Waals surface area contributed by atoms with E-state index in [1.54, 1.807) is 6.07 Å². The molecule has 1 aromatic carbocycles. The van der Waals surface area contributed by atoms with Gasteiger partial charge in [0.15, 0.2) is 0 Å². The van der Waals surface area contributed by atoms with Crippen molar-refractivity contribution in [3.05, 3.63) is 35.6 Å². The molecule has 15 heavy (non-hydrogen) atoms. The van der Waals surface area contributed by atoms with E-state index in [1.807, 2.05) is 6.07 Å². The molecule has 0 saturated carbocycles. The summed E-state index contributed by atoms with van der Waals surface area (Å²) in [7, 11) is 0. The van der Waals surface area contributed by atoms with Crippen molar-refractivity contribution >= 4 is 5.71 Å². The summed E-state index contributed by atoms with van der Waals surface area (Å²) in [5.74, 6) is -0.252. The molecule has 0 radical (unpaired) electrons. The van der Waals surface area contributed by atoms with Gasteiger partial charge in [-0.1, -0.05) is 17.3 Å². The maximum absolute atomic E-state index is 12.9. The van der Waals surface area contributed by atoms with Gasteiger partial charge in [-0.25, -0.2) is 4.39 Å². The van der Waals surface area contributed by atoms with Crippen LogP contribution >= 0.6 is 0 Å². The summed E-state index contributed by atoms with van der Waals surface area (Å²) < 4.78 is 12.9. The first-order valence-corrected chi connectivity index (χ1v) is 4.98. The van der Waals surface area contributed by atoms with Crippen LogP contribution in [0.15, 0.2) is 29.4 Å². The maximum Gasteiger partial charge on any atom is 0.134 e. The highest BCUT2D eigenvalue weighted by Gasteiger charge is 2.21. The van der Waals surface area contributed by atoms with E-state index in [2.05, 4.69) is 5.16 Å². The molecule has 3 nitrogen and oxygen atoms in total. The zero-order valence-corrected chi connectivity index (χ0v) is 8.32. The van der Waals surface area contributed by atoms with Crippen LogP contribution in [0, 0.1) is 5.82 Å². The molecule has 1 aliphatic rings. The first-order chi connectivity index (χ1) is 7.29. The largest absolute Gasteiger partial charge is 0.392 e. The lowest BCUT2D eigenvalue weighted by molar-refractivity contribution is 0.0810. The monoisotopic (exact) mass is 208 g/mol. The molecular weight excluding hydrogens is 195 g/mol. The van der Waals surface area contributed by atoms with Crippen molar-refractivity contribution in [1.29, 1.82) is 0 Å². The Morgan fingerprint density at radius 3 is 3.13 bits per heavy atom. The Balaban J connectivity index is 2.07. The molecule has 0 saturated heterocycles. The van der Waals surface area contributed by atoms with Crippen molar-refractivity contribution in [2.24, 2.45) is 10.9 Å². The van der Waals surface area contributed by atoms with Gasteiger partial charge in [-0.3, -0.25) is 0 Å². The van der Waals surface area contributed by atoms with Crippen LogP contribution in [0.4, 0.5) is 4.39 Å². The number of oxime groups is 1. The summed E-state index contributed by atoms with van der Waals surface area (Å²) in [6.07, 6.45) is 1.54. The summed E-state index contributed by atoms with van der Waals surface area (Å²) in [6, 6.07) is 6.38. The van der Waals surface area contributed by atoms with Crippen LogP contribution in [0.5, 0.6) is 0 Å². The highest BCUT2D eigenvalue weighted by molar-refractivity contribution is 6.01. The van der Waals surface area contributed by atoms with Crippen LogP contribution in [-0.4, -0.2) is 18.4 Å². The van der Waals surface area contributed by atoms with Gasteiger partial charge in [0.05, 0.1) is 5.71 Å². The van der Waals surface area contributed by atoms with Gasteiger partial charge >= 0.3 is 0 Å². The molecule has 0 amide bonds. The number of halogens is 1. The van der Waals surface area contributed by atoms with E-state index in [0.29, 0.717) is 13.0 Å². The lowest BCUT2D eigenvalue weighted by Gasteiger charge is -2.04. The summed E-state index contributed by atoms with van der Waals surface area (Å²) in [6.45, 7) is 0.580. The van der Waals surface area contributed by atoms with Crippen LogP contribution in [0.25, 0.3) is 0 Å². The van der Waals surface area contributed by atoms with Crippen LogP contribution in [-0.2, 0) is 4.84 Å². The number of benzene rings is 1. The van der Waals surface area contributed by atoms with E-state index in [4.69, 9.17) is 10.6 Å². The zero-order valence-electron chi connectivity index (χ0n) is 8.32. The van der Waals surface area contributed by atoms with Crippen LogP contribution in [0.3, 0.4) is 0 Å². The maximum atomic E-state index is 12.9.